The molecule has 6 nitrogen and oxygen atoms in total. The van der Waals surface area contributed by atoms with Crippen molar-refractivity contribution in [3.8, 4) is 5.75 Å². The number of rotatable bonds is 5. The number of aromatic carboxylic acids is 1. The lowest BCUT2D eigenvalue weighted by molar-refractivity contribution is -0.268. The predicted molar refractivity (Wildman–Crippen MR) is 80.5 cm³/mol. The molecule has 2 aromatic rings. The van der Waals surface area contributed by atoms with Crippen molar-refractivity contribution in [2.24, 2.45) is 0 Å². The molecule has 0 bridgehead atoms. The second-order valence-corrected chi connectivity index (χ2v) is 6.63. The van der Waals surface area contributed by atoms with E-state index in [1.54, 1.807) is 19.9 Å². The molecule has 0 aliphatic rings. The van der Waals surface area contributed by atoms with Crippen molar-refractivity contribution in [3.63, 3.8) is 0 Å². The summed E-state index contributed by atoms with van der Waals surface area (Å²) in [4.78, 5) is 11.0. The van der Waals surface area contributed by atoms with Gasteiger partial charge < -0.3 is 10.2 Å². The van der Waals surface area contributed by atoms with E-state index in [-0.39, 0.29) is 15.8 Å². The first-order valence-corrected chi connectivity index (χ1v) is 8.24. The SMILES string of the molecule is CCN(CC)S(=O)(=O)c1cccc2cc(C(=O)O)c([O-])cc12. The Labute approximate surface area is 128 Å². The molecule has 0 aliphatic heterocycles. The molecular formula is C15H16NO5S-. The quantitative estimate of drug-likeness (QED) is 0.902. The average molecular weight is 322 g/mol. The molecule has 0 saturated heterocycles. The van der Waals surface area contributed by atoms with E-state index in [1.807, 2.05) is 0 Å². The molecular weight excluding hydrogens is 306 g/mol. The fraction of sp³-hybridized carbons (Fsp3) is 0.267. The van der Waals surface area contributed by atoms with Crippen LogP contribution < -0.4 is 5.11 Å². The first kappa shape index (κ1) is 16.3. The van der Waals surface area contributed by atoms with Crippen LogP contribution >= 0.6 is 0 Å². The highest BCUT2D eigenvalue weighted by molar-refractivity contribution is 7.89. The largest absolute Gasteiger partial charge is 0.872 e. The Bertz CT molecular complexity index is 825. The molecule has 0 heterocycles. The first-order valence-electron chi connectivity index (χ1n) is 6.80. The summed E-state index contributed by atoms with van der Waals surface area (Å²) in [7, 11) is -3.73. The summed E-state index contributed by atoms with van der Waals surface area (Å²) < 4.78 is 26.6. The zero-order valence-electron chi connectivity index (χ0n) is 12.2. The van der Waals surface area contributed by atoms with Gasteiger partial charge in [0.2, 0.25) is 10.0 Å². The van der Waals surface area contributed by atoms with Crippen molar-refractivity contribution < 1.29 is 23.4 Å². The van der Waals surface area contributed by atoms with Crippen LogP contribution in [-0.2, 0) is 10.0 Å². The summed E-state index contributed by atoms with van der Waals surface area (Å²) >= 11 is 0. The minimum atomic E-state index is -3.73. The molecule has 118 valence electrons. The monoisotopic (exact) mass is 322 g/mol. The molecule has 0 spiro atoms. The number of sulfonamides is 1. The molecule has 0 aliphatic carbocycles. The van der Waals surface area contributed by atoms with Crippen LogP contribution in [0, 0.1) is 0 Å². The highest BCUT2D eigenvalue weighted by Crippen LogP contribution is 2.30. The van der Waals surface area contributed by atoms with Crippen LogP contribution in [0.4, 0.5) is 0 Å². The Morgan fingerprint density at radius 3 is 2.41 bits per heavy atom. The third kappa shape index (κ3) is 2.65. The van der Waals surface area contributed by atoms with Crippen LogP contribution in [0.2, 0.25) is 0 Å². The number of carboxylic acid groups (broad SMARTS) is 1. The van der Waals surface area contributed by atoms with Gasteiger partial charge in [0.25, 0.3) is 0 Å². The Kier molecular flexibility index (Phi) is 4.39. The van der Waals surface area contributed by atoms with Gasteiger partial charge >= 0.3 is 5.97 Å². The van der Waals surface area contributed by atoms with Crippen LogP contribution in [0.1, 0.15) is 24.2 Å². The zero-order chi connectivity index (χ0) is 16.5. The predicted octanol–water partition coefficient (Wildman–Crippen LogP) is 1.64. The Morgan fingerprint density at radius 1 is 1.23 bits per heavy atom. The Balaban J connectivity index is 2.77. The van der Waals surface area contributed by atoms with Gasteiger partial charge in [0.15, 0.2) is 0 Å². The van der Waals surface area contributed by atoms with E-state index in [9.17, 15) is 18.3 Å². The number of benzene rings is 2. The van der Waals surface area contributed by atoms with Gasteiger partial charge in [-0.2, -0.15) is 4.31 Å². The third-order valence-electron chi connectivity index (χ3n) is 3.49. The van der Waals surface area contributed by atoms with E-state index in [2.05, 4.69) is 0 Å². The topological polar surface area (TPSA) is 97.7 Å². The molecule has 0 radical (unpaired) electrons. The minimum absolute atomic E-state index is 0.0164. The second kappa shape index (κ2) is 5.94. The number of carbonyl (C=O) groups is 1. The number of carboxylic acids is 1. The van der Waals surface area contributed by atoms with Crippen LogP contribution in [0.15, 0.2) is 35.2 Å². The molecule has 0 aromatic heterocycles. The summed E-state index contributed by atoms with van der Waals surface area (Å²) in [6.07, 6.45) is 0. The van der Waals surface area contributed by atoms with Crippen molar-refractivity contribution in [2.45, 2.75) is 18.7 Å². The van der Waals surface area contributed by atoms with E-state index in [1.165, 1.54) is 22.5 Å². The minimum Gasteiger partial charge on any atom is -0.872 e. The number of fused-ring (bicyclic) bond motifs is 1. The van der Waals surface area contributed by atoms with E-state index in [0.717, 1.165) is 6.07 Å². The molecule has 1 N–H and O–H groups in total. The molecule has 2 rings (SSSR count). The Hall–Kier alpha value is -2.12. The standard InChI is InChI=1S/C15H17NO5S/c1-3-16(4-2)22(20,21)14-7-5-6-10-8-12(15(18)19)13(17)9-11(10)14/h5-9,17H,3-4H2,1-2H3,(H,18,19)/p-1. The summed E-state index contributed by atoms with van der Waals surface area (Å²) in [5.41, 5.74) is -0.370. The van der Waals surface area contributed by atoms with Gasteiger partial charge in [0.1, 0.15) is 0 Å². The maximum Gasteiger partial charge on any atom is 0.335 e. The summed E-state index contributed by atoms with van der Waals surface area (Å²) in [5, 5.41) is 21.5. The molecule has 2 aromatic carbocycles. The average Bonchev–Trinajstić information content (AvgIpc) is 2.46. The molecule has 0 atom stereocenters. The lowest BCUT2D eigenvalue weighted by Gasteiger charge is -2.20. The lowest BCUT2D eigenvalue weighted by Crippen LogP contribution is -2.30. The molecule has 0 saturated carbocycles. The summed E-state index contributed by atoms with van der Waals surface area (Å²) in [6, 6.07) is 6.84. The van der Waals surface area contributed by atoms with Crippen LogP contribution in [0.5, 0.6) is 5.75 Å². The van der Waals surface area contributed by atoms with Gasteiger partial charge in [-0.1, -0.05) is 37.8 Å². The second-order valence-electron chi connectivity index (χ2n) is 4.72. The van der Waals surface area contributed by atoms with E-state index >= 15 is 0 Å². The van der Waals surface area contributed by atoms with Gasteiger partial charge in [-0.15, -0.1) is 0 Å². The van der Waals surface area contributed by atoms with Gasteiger partial charge in [0.05, 0.1) is 10.5 Å². The van der Waals surface area contributed by atoms with E-state index in [0.29, 0.717) is 18.5 Å². The van der Waals surface area contributed by atoms with Crippen molar-refractivity contribution in [1.82, 2.24) is 4.31 Å². The van der Waals surface area contributed by atoms with E-state index in [4.69, 9.17) is 5.11 Å². The summed E-state index contributed by atoms with van der Waals surface area (Å²) in [6.45, 7) is 4.08. The highest BCUT2D eigenvalue weighted by Gasteiger charge is 2.24. The number of nitrogens with zero attached hydrogens (tertiary/aromatic N) is 1. The van der Waals surface area contributed by atoms with E-state index < -0.39 is 21.7 Å². The fourth-order valence-corrected chi connectivity index (χ4v) is 4.03. The van der Waals surface area contributed by atoms with Crippen molar-refractivity contribution in [2.75, 3.05) is 13.1 Å². The van der Waals surface area contributed by atoms with Gasteiger partial charge in [0, 0.05) is 18.5 Å². The third-order valence-corrected chi connectivity index (χ3v) is 5.60. The van der Waals surface area contributed by atoms with Crippen LogP contribution in [-0.4, -0.2) is 36.9 Å². The van der Waals surface area contributed by atoms with Gasteiger partial charge in [-0.25, -0.2) is 13.2 Å². The maximum absolute atomic E-state index is 12.6. The number of hydrogen-bond donors (Lipinski definition) is 1. The molecule has 7 heteroatoms. The number of hydrogen-bond acceptors (Lipinski definition) is 4. The maximum atomic E-state index is 12.6. The van der Waals surface area contributed by atoms with Crippen molar-refractivity contribution in [3.05, 3.63) is 35.9 Å². The molecule has 0 fully saturated rings. The fourth-order valence-electron chi connectivity index (χ4n) is 2.37. The smallest absolute Gasteiger partial charge is 0.335 e. The van der Waals surface area contributed by atoms with Crippen molar-refractivity contribution in [1.29, 1.82) is 0 Å². The zero-order valence-corrected chi connectivity index (χ0v) is 13.1. The highest BCUT2D eigenvalue weighted by atomic mass is 32.2. The van der Waals surface area contributed by atoms with Gasteiger partial charge in [-0.05, 0) is 17.5 Å². The molecule has 0 unspecified atom stereocenters. The molecule has 0 amide bonds. The molecule has 22 heavy (non-hydrogen) atoms. The first-order chi connectivity index (χ1) is 10.3. The summed E-state index contributed by atoms with van der Waals surface area (Å²) in [5.74, 6) is -2.04. The Morgan fingerprint density at radius 2 is 1.86 bits per heavy atom. The van der Waals surface area contributed by atoms with Crippen molar-refractivity contribution >= 4 is 26.8 Å². The normalized spacial score (nSPS) is 12.0. The van der Waals surface area contributed by atoms with Gasteiger partial charge in [-0.3, -0.25) is 0 Å². The van der Waals surface area contributed by atoms with Crippen LogP contribution in [0.25, 0.3) is 10.8 Å². The lowest BCUT2D eigenvalue weighted by atomic mass is 10.1. The van der Waals surface area contributed by atoms with Crippen LogP contribution in [0.3, 0.4) is 0 Å².